The topological polar surface area (TPSA) is 62.1 Å². The van der Waals surface area contributed by atoms with Crippen LogP contribution in [0.3, 0.4) is 0 Å². The second-order valence-corrected chi connectivity index (χ2v) is 5.25. The molecule has 0 radical (unpaired) electrons. The number of rotatable bonds is 4. The van der Waals surface area contributed by atoms with E-state index in [0.717, 1.165) is 0 Å². The van der Waals surface area contributed by atoms with E-state index in [2.05, 4.69) is 5.32 Å². The Bertz CT molecular complexity index is 865. The first-order valence-electron chi connectivity index (χ1n) is 7.13. The summed E-state index contributed by atoms with van der Waals surface area (Å²) in [7, 11) is 0. The fraction of sp³-hybridized carbons (Fsp3) is 0.176. The van der Waals surface area contributed by atoms with E-state index in [9.17, 15) is 26.7 Å². The van der Waals surface area contributed by atoms with Gasteiger partial charge in [-0.15, -0.1) is 0 Å². The zero-order chi connectivity index (χ0) is 19.5. The summed E-state index contributed by atoms with van der Waals surface area (Å²) in [5, 5.41) is 10.8. The number of hydrogen-bond donors (Lipinski definition) is 1. The first kappa shape index (κ1) is 19.2. The lowest BCUT2D eigenvalue weighted by atomic mass is 10.1. The molecular weight excluding hydrogens is 359 g/mol. The van der Waals surface area contributed by atoms with Gasteiger partial charge in [0.2, 0.25) is 5.91 Å². The van der Waals surface area contributed by atoms with Crippen LogP contribution < -0.4 is 10.1 Å². The Balaban J connectivity index is 2.40. The third kappa shape index (κ3) is 4.47. The highest BCUT2D eigenvalue weighted by molar-refractivity contribution is 5.93. The minimum atomic E-state index is -4.92. The number of nitrogens with one attached hydrogen (secondary N) is 1. The number of carbonyl (C=O) groups excluding carboxylic acids is 1. The number of amides is 1. The fourth-order valence-corrected chi connectivity index (χ4v) is 2.03. The van der Waals surface area contributed by atoms with E-state index in [1.807, 2.05) is 0 Å². The van der Waals surface area contributed by atoms with Crippen LogP contribution in [-0.4, -0.2) is 5.91 Å². The van der Waals surface area contributed by atoms with Crippen LogP contribution in [0.5, 0.6) is 11.5 Å². The minimum Gasteiger partial charge on any atom is -0.449 e. The molecule has 4 nitrogen and oxygen atoms in total. The molecule has 1 amide bonds. The van der Waals surface area contributed by atoms with Gasteiger partial charge in [0.25, 0.3) is 0 Å². The minimum absolute atomic E-state index is 0.0175. The molecule has 0 spiro atoms. The highest BCUT2D eigenvalue weighted by Crippen LogP contribution is 2.37. The van der Waals surface area contributed by atoms with E-state index in [0.29, 0.717) is 5.56 Å². The average molecular weight is 370 g/mol. The number of alkyl halides is 3. The lowest BCUT2D eigenvalue weighted by Crippen LogP contribution is -2.11. The van der Waals surface area contributed by atoms with Gasteiger partial charge in [-0.2, -0.15) is 18.4 Å². The quantitative estimate of drug-likeness (QED) is 0.776. The van der Waals surface area contributed by atoms with Crippen LogP contribution in [0.1, 0.15) is 17.5 Å². The third-order valence-electron chi connectivity index (χ3n) is 3.19. The summed E-state index contributed by atoms with van der Waals surface area (Å²) in [5.74, 6) is -5.02. The second-order valence-electron chi connectivity index (χ2n) is 5.25. The lowest BCUT2D eigenvalue weighted by molar-refractivity contribution is -0.138. The predicted molar refractivity (Wildman–Crippen MR) is 81.5 cm³/mol. The summed E-state index contributed by atoms with van der Waals surface area (Å²) in [6, 6.07) is 6.07. The smallest absolute Gasteiger partial charge is 0.416 e. The maximum atomic E-state index is 13.9. The first-order chi connectivity index (χ1) is 12.1. The molecule has 0 saturated heterocycles. The van der Waals surface area contributed by atoms with Gasteiger partial charge in [-0.25, -0.2) is 8.78 Å². The zero-order valence-corrected chi connectivity index (χ0v) is 13.2. The molecular formula is C17H11F5N2O2. The molecule has 9 heteroatoms. The number of aryl methyl sites for hydroxylation is 1. The van der Waals surface area contributed by atoms with Crippen LogP contribution >= 0.6 is 0 Å². The fourth-order valence-electron chi connectivity index (χ4n) is 2.03. The highest BCUT2D eigenvalue weighted by atomic mass is 19.4. The van der Waals surface area contributed by atoms with Crippen molar-refractivity contribution in [3.05, 3.63) is 53.1 Å². The summed E-state index contributed by atoms with van der Waals surface area (Å²) < 4.78 is 70.7. The molecule has 0 bridgehead atoms. The van der Waals surface area contributed by atoms with Crippen molar-refractivity contribution < 1.29 is 31.5 Å². The number of benzene rings is 2. The normalized spacial score (nSPS) is 11.0. The van der Waals surface area contributed by atoms with Crippen molar-refractivity contribution in [3.63, 3.8) is 0 Å². The summed E-state index contributed by atoms with van der Waals surface area (Å²) in [6.45, 7) is 1.67. The molecule has 0 heterocycles. The highest BCUT2D eigenvalue weighted by Gasteiger charge is 2.33. The van der Waals surface area contributed by atoms with E-state index in [4.69, 9.17) is 10.00 Å². The summed E-state index contributed by atoms with van der Waals surface area (Å²) in [6.07, 6.45) is -5.38. The van der Waals surface area contributed by atoms with Crippen molar-refractivity contribution in [1.82, 2.24) is 0 Å². The van der Waals surface area contributed by atoms with Crippen molar-refractivity contribution >= 4 is 11.6 Å². The Morgan fingerprint density at radius 1 is 1.19 bits per heavy atom. The van der Waals surface area contributed by atoms with Gasteiger partial charge in [0.15, 0.2) is 23.1 Å². The molecule has 26 heavy (non-hydrogen) atoms. The average Bonchev–Trinajstić information content (AvgIpc) is 2.51. The summed E-state index contributed by atoms with van der Waals surface area (Å²) >= 11 is 0. The van der Waals surface area contributed by atoms with E-state index in [1.54, 1.807) is 13.0 Å². The van der Waals surface area contributed by atoms with Gasteiger partial charge in [-0.05, 0) is 36.8 Å². The molecule has 2 aromatic carbocycles. The van der Waals surface area contributed by atoms with Crippen LogP contribution in [0, 0.1) is 29.9 Å². The number of halogens is 5. The molecule has 0 atom stereocenters. The molecule has 0 saturated carbocycles. The van der Waals surface area contributed by atoms with Gasteiger partial charge in [-0.1, -0.05) is 6.07 Å². The largest absolute Gasteiger partial charge is 0.449 e. The maximum Gasteiger partial charge on any atom is 0.416 e. The number of ether oxygens (including phenoxy) is 1. The van der Waals surface area contributed by atoms with Crippen LogP contribution in [-0.2, 0) is 11.0 Å². The van der Waals surface area contributed by atoms with Gasteiger partial charge in [0.1, 0.15) is 6.42 Å². The third-order valence-corrected chi connectivity index (χ3v) is 3.19. The summed E-state index contributed by atoms with van der Waals surface area (Å²) in [4.78, 5) is 11.6. The van der Waals surface area contributed by atoms with E-state index in [-0.39, 0.29) is 23.6 Å². The SMILES string of the molecule is Cc1ccc(Oc2c(F)cc(C(F)(F)F)cc2F)c(NC(=O)CC#N)c1. The van der Waals surface area contributed by atoms with E-state index in [1.165, 1.54) is 18.2 Å². The molecule has 0 aliphatic heterocycles. The molecule has 2 rings (SSSR count). The first-order valence-corrected chi connectivity index (χ1v) is 7.13. The standard InChI is InChI=1S/C17H11F5N2O2/c1-9-2-3-14(13(6-9)24-15(25)4-5-23)26-16-11(18)7-10(8-12(16)19)17(20,21)22/h2-3,6-8H,4H2,1H3,(H,24,25). The van der Waals surface area contributed by atoms with Gasteiger partial charge in [-0.3, -0.25) is 4.79 Å². The van der Waals surface area contributed by atoms with Crippen molar-refractivity contribution in [2.75, 3.05) is 5.32 Å². The van der Waals surface area contributed by atoms with Crippen molar-refractivity contribution in [3.8, 4) is 17.6 Å². The Morgan fingerprint density at radius 2 is 1.81 bits per heavy atom. The number of anilines is 1. The number of nitrogens with zero attached hydrogens (tertiary/aromatic N) is 1. The molecule has 0 fully saturated rings. The zero-order valence-electron chi connectivity index (χ0n) is 13.2. The van der Waals surface area contributed by atoms with Crippen LogP contribution in [0.25, 0.3) is 0 Å². The second kappa shape index (κ2) is 7.39. The maximum absolute atomic E-state index is 13.9. The van der Waals surface area contributed by atoms with Crippen molar-refractivity contribution in [2.24, 2.45) is 0 Å². The predicted octanol–water partition coefficient (Wildman–Crippen LogP) is 4.94. The van der Waals surface area contributed by atoms with Gasteiger partial charge in [0, 0.05) is 0 Å². The van der Waals surface area contributed by atoms with E-state index < -0.39 is 41.5 Å². The van der Waals surface area contributed by atoms with Gasteiger partial charge >= 0.3 is 6.18 Å². The molecule has 0 unspecified atom stereocenters. The van der Waals surface area contributed by atoms with Crippen molar-refractivity contribution in [1.29, 1.82) is 5.26 Å². The molecule has 0 aromatic heterocycles. The Hall–Kier alpha value is -3.15. The molecule has 2 aromatic rings. The monoisotopic (exact) mass is 370 g/mol. The molecule has 1 N–H and O–H groups in total. The molecule has 0 aliphatic carbocycles. The van der Waals surface area contributed by atoms with Gasteiger partial charge < -0.3 is 10.1 Å². The molecule has 0 aliphatic rings. The van der Waals surface area contributed by atoms with Crippen LogP contribution in [0.15, 0.2) is 30.3 Å². The number of hydrogen-bond acceptors (Lipinski definition) is 3. The Labute approximate surface area is 144 Å². The molecule has 136 valence electrons. The van der Waals surface area contributed by atoms with Crippen LogP contribution in [0.4, 0.5) is 27.6 Å². The van der Waals surface area contributed by atoms with Gasteiger partial charge in [0.05, 0.1) is 17.3 Å². The van der Waals surface area contributed by atoms with Crippen molar-refractivity contribution in [2.45, 2.75) is 19.5 Å². The number of nitriles is 1. The Morgan fingerprint density at radius 3 is 2.35 bits per heavy atom. The lowest BCUT2D eigenvalue weighted by Gasteiger charge is -2.15. The van der Waals surface area contributed by atoms with Crippen LogP contribution in [0.2, 0.25) is 0 Å². The Kier molecular flexibility index (Phi) is 5.45. The summed E-state index contributed by atoms with van der Waals surface area (Å²) in [5.41, 5.74) is -0.812. The van der Waals surface area contributed by atoms with E-state index >= 15 is 0 Å². The number of carbonyl (C=O) groups is 1.